The quantitative estimate of drug-likeness (QED) is 0.428. The zero-order valence-electron chi connectivity index (χ0n) is 16.3. The van der Waals surface area contributed by atoms with Gasteiger partial charge < -0.3 is 5.73 Å². The lowest BCUT2D eigenvalue weighted by Crippen LogP contribution is -2.36. The van der Waals surface area contributed by atoms with Gasteiger partial charge in [-0.15, -0.1) is 0 Å². The van der Waals surface area contributed by atoms with Crippen molar-refractivity contribution in [3.05, 3.63) is 65.8 Å². The van der Waals surface area contributed by atoms with Crippen LogP contribution in [0.4, 0.5) is 5.82 Å². The van der Waals surface area contributed by atoms with E-state index in [-0.39, 0.29) is 0 Å². The molecule has 4 aromatic rings. The summed E-state index contributed by atoms with van der Waals surface area (Å²) in [4.78, 5) is 16.5. The molecule has 2 aromatic heterocycles. The van der Waals surface area contributed by atoms with E-state index in [1.807, 2.05) is 48.5 Å². The molecule has 0 bridgehead atoms. The second-order valence-corrected chi connectivity index (χ2v) is 8.60. The normalized spacial score (nSPS) is 14.0. The number of aromatic nitrogens is 3. The number of thioether (sulfide) groups is 1. The van der Waals surface area contributed by atoms with Crippen LogP contribution >= 0.6 is 23.4 Å². The monoisotopic (exact) mass is 433 g/mol. The molecule has 30 heavy (non-hydrogen) atoms. The molecule has 150 valence electrons. The van der Waals surface area contributed by atoms with E-state index in [0.29, 0.717) is 10.8 Å². The molecule has 1 saturated heterocycles. The van der Waals surface area contributed by atoms with Gasteiger partial charge in [0.15, 0.2) is 5.82 Å². The largest absolute Gasteiger partial charge is 0.381 e. The Morgan fingerprint density at radius 1 is 0.967 bits per heavy atom. The Labute approximate surface area is 184 Å². The predicted octanol–water partition coefficient (Wildman–Crippen LogP) is 5.35. The molecule has 2 N–H and O–H groups in total. The number of benzene rings is 2. The third-order valence-electron chi connectivity index (χ3n) is 5.20. The number of nitrogens with zero attached hydrogens (tertiary/aromatic N) is 4. The number of nitrogen functional groups attached to an aromatic ring is 1. The first-order valence-electron chi connectivity index (χ1n) is 9.82. The van der Waals surface area contributed by atoms with Gasteiger partial charge in [-0.05, 0) is 24.6 Å². The van der Waals surface area contributed by atoms with Crippen molar-refractivity contribution in [2.45, 2.75) is 11.4 Å². The zero-order chi connectivity index (χ0) is 20.5. The van der Waals surface area contributed by atoms with Crippen LogP contribution < -0.4 is 5.73 Å². The standard InChI is InChI=1S/C23H20ClN5S/c24-18-13-17(12-16-8-4-9-26-19(16)18)21-20(15-6-2-1-3-7-15)27-22(25)23(28-21)30-14-29-10-5-11-29/h1-4,6-9,12-13H,5,10-11,14H2,(H2,25,27). The van der Waals surface area contributed by atoms with E-state index in [2.05, 4.69) is 16.0 Å². The summed E-state index contributed by atoms with van der Waals surface area (Å²) in [5.74, 6) is 1.32. The maximum atomic E-state index is 6.56. The summed E-state index contributed by atoms with van der Waals surface area (Å²) in [7, 11) is 0. The summed E-state index contributed by atoms with van der Waals surface area (Å²) in [6.45, 7) is 2.26. The van der Waals surface area contributed by atoms with Gasteiger partial charge in [0.25, 0.3) is 0 Å². The first-order chi connectivity index (χ1) is 14.7. The number of hydrogen-bond donors (Lipinski definition) is 1. The molecule has 3 heterocycles. The molecule has 5 nitrogen and oxygen atoms in total. The van der Waals surface area contributed by atoms with Crippen LogP contribution in [0, 0.1) is 0 Å². The van der Waals surface area contributed by atoms with Gasteiger partial charge in [0.1, 0.15) is 5.03 Å². The van der Waals surface area contributed by atoms with E-state index in [0.717, 1.165) is 57.4 Å². The smallest absolute Gasteiger partial charge is 0.156 e. The van der Waals surface area contributed by atoms with Crippen molar-refractivity contribution in [1.29, 1.82) is 0 Å². The average molecular weight is 434 g/mol. The third kappa shape index (κ3) is 3.74. The number of halogens is 1. The van der Waals surface area contributed by atoms with Gasteiger partial charge in [0, 0.05) is 35.8 Å². The highest BCUT2D eigenvalue weighted by Crippen LogP contribution is 2.36. The van der Waals surface area contributed by atoms with E-state index in [9.17, 15) is 0 Å². The fourth-order valence-corrected chi connectivity index (χ4v) is 4.67. The SMILES string of the molecule is Nc1nc(-c2ccccc2)c(-c2cc(Cl)c3ncccc3c2)nc1SCN1CCC1. The number of hydrogen-bond acceptors (Lipinski definition) is 6. The van der Waals surface area contributed by atoms with Crippen LogP contribution in [-0.4, -0.2) is 38.8 Å². The van der Waals surface area contributed by atoms with Crippen molar-refractivity contribution < 1.29 is 0 Å². The lowest BCUT2D eigenvalue weighted by Gasteiger charge is -2.30. The number of fused-ring (bicyclic) bond motifs is 1. The van der Waals surface area contributed by atoms with Crippen LogP contribution in [0.25, 0.3) is 33.4 Å². The molecule has 0 unspecified atom stereocenters. The lowest BCUT2D eigenvalue weighted by molar-refractivity contribution is 0.218. The average Bonchev–Trinajstić information content (AvgIpc) is 2.74. The Kier molecular flexibility index (Phi) is 5.29. The molecule has 1 aliphatic heterocycles. The summed E-state index contributed by atoms with van der Waals surface area (Å²) >= 11 is 8.20. The van der Waals surface area contributed by atoms with Crippen LogP contribution in [0.3, 0.4) is 0 Å². The van der Waals surface area contributed by atoms with Crippen molar-refractivity contribution in [1.82, 2.24) is 19.9 Å². The van der Waals surface area contributed by atoms with Crippen molar-refractivity contribution in [3.8, 4) is 22.5 Å². The molecule has 0 spiro atoms. The van der Waals surface area contributed by atoms with Crippen LogP contribution in [0.2, 0.25) is 5.02 Å². The number of rotatable bonds is 5. The molecule has 0 amide bonds. The Hall–Kier alpha value is -2.67. The Morgan fingerprint density at radius 2 is 1.77 bits per heavy atom. The summed E-state index contributed by atoms with van der Waals surface area (Å²) in [5, 5.41) is 2.31. The molecular formula is C23H20ClN5S. The highest BCUT2D eigenvalue weighted by Gasteiger charge is 2.19. The summed E-state index contributed by atoms with van der Waals surface area (Å²) < 4.78 is 0. The van der Waals surface area contributed by atoms with Gasteiger partial charge in [0.05, 0.1) is 27.8 Å². The summed E-state index contributed by atoms with van der Waals surface area (Å²) in [5.41, 5.74) is 10.5. The third-order valence-corrected chi connectivity index (χ3v) is 6.56. The van der Waals surface area contributed by atoms with E-state index >= 15 is 0 Å². The molecule has 0 saturated carbocycles. The maximum absolute atomic E-state index is 6.56. The zero-order valence-corrected chi connectivity index (χ0v) is 17.8. The van der Waals surface area contributed by atoms with Crippen LogP contribution in [-0.2, 0) is 0 Å². The van der Waals surface area contributed by atoms with Gasteiger partial charge >= 0.3 is 0 Å². The van der Waals surface area contributed by atoms with E-state index in [1.54, 1.807) is 18.0 Å². The second kappa shape index (κ2) is 8.22. The molecule has 1 fully saturated rings. The van der Waals surface area contributed by atoms with Crippen LogP contribution in [0.15, 0.2) is 65.8 Å². The van der Waals surface area contributed by atoms with Gasteiger partial charge in [-0.2, -0.15) is 0 Å². The van der Waals surface area contributed by atoms with Crippen molar-refractivity contribution in [2.24, 2.45) is 0 Å². The lowest BCUT2D eigenvalue weighted by atomic mass is 10.0. The Bertz CT molecular complexity index is 1210. The minimum absolute atomic E-state index is 0.455. The number of nitrogens with two attached hydrogens (primary N) is 1. The highest BCUT2D eigenvalue weighted by molar-refractivity contribution is 7.99. The molecule has 2 aromatic carbocycles. The van der Waals surface area contributed by atoms with Crippen molar-refractivity contribution in [3.63, 3.8) is 0 Å². The van der Waals surface area contributed by atoms with Crippen LogP contribution in [0.5, 0.6) is 0 Å². The predicted molar refractivity (Wildman–Crippen MR) is 125 cm³/mol. The fraction of sp³-hybridized carbons (Fsp3) is 0.174. The van der Waals surface area contributed by atoms with Crippen molar-refractivity contribution >= 4 is 40.1 Å². The van der Waals surface area contributed by atoms with Crippen LogP contribution in [0.1, 0.15) is 6.42 Å². The molecule has 0 aliphatic carbocycles. The minimum Gasteiger partial charge on any atom is -0.381 e. The summed E-state index contributed by atoms with van der Waals surface area (Å²) in [6, 6.07) is 17.9. The number of likely N-dealkylation sites (tertiary alicyclic amines) is 1. The molecule has 7 heteroatoms. The van der Waals surface area contributed by atoms with Gasteiger partial charge in [0.2, 0.25) is 0 Å². The molecule has 0 atom stereocenters. The Balaban J connectivity index is 1.65. The van der Waals surface area contributed by atoms with Crippen molar-refractivity contribution in [2.75, 3.05) is 24.7 Å². The molecule has 5 rings (SSSR count). The molecular weight excluding hydrogens is 414 g/mol. The van der Waals surface area contributed by atoms with Gasteiger partial charge in [-0.1, -0.05) is 59.8 Å². The molecule has 0 radical (unpaired) electrons. The topological polar surface area (TPSA) is 67.9 Å². The van der Waals surface area contributed by atoms with Gasteiger partial charge in [-0.3, -0.25) is 9.88 Å². The Morgan fingerprint density at radius 3 is 2.53 bits per heavy atom. The summed E-state index contributed by atoms with van der Waals surface area (Å²) in [6.07, 6.45) is 3.00. The minimum atomic E-state index is 0.455. The number of anilines is 1. The van der Waals surface area contributed by atoms with Gasteiger partial charge in [-0.25, -0.2) is 9.97 Å². The maximum Gasteiger partial charge on any atom is 0.156 e. The fourth-order valence-electron chi connectivity index (χ4n) is 3.49. The highest BCUT2D eigenvalue weighted by atomic mass is 35.5. The van der Waals surface area contributed by atoms with E-state index < -0.39 is 0 Å². The van der Waals surface area contributed by atoms with E-state index in [1.165, 1.54) is 6.42 Å². The molecule has 1 aliphatic rings. The first-order valence-corrected chi connectivity index (χ1v) is 11.2. The second-order valence-electron chi connectivity index (χ2n) is 7.26. The first kappa shape index (κ1) is 19.3. The van der Waals surface area contributed by atoms with E-state index in [4.69, 9.17) is 27.3 Å². The number of pyridine rings is 1.